The number of hydrogen-bond donors (Lipinski definition) is 2. The van der Waals surface area contributed by atoms with Gasteiger partial charge in [0.15, 0.2) is 9.84 Å². The minimum absolute atomic E-state index is 0.0951. The maximum absolute atomic E-state index is 12.3. The fourth-order valence-corrected chi connectivity index (χ4v) is 5.08. The van der Waals surface area contributed by atoms with Gasteiger partial charge in [-0.15, -0.1) is 22.7 Å². The van der Waals surface area contributed by atoms with Crippen LogP contribution < -0.4 is 5.32 Å². The molecule has 2 aromatic heterocycles. The van der Waals surface area contributed by atoms with Crippen molar-refractivity contribution in [3.63, 3.8) is 0 Å². The van der Waals surface area contributed by atoms with Gasteiger partial charge in [-0.05, 0) is 31.0 Å². The zero-order chi connectivity index (χ0) is 17.4. The van der Waals surface area contributed by atoms with Crippen LogP contribution in [0.15, 0.2) is 16.3 Å². The lowest BCUT2D eigenvalue weighted by atomic mass is 10.1. The lowest BCUT2D eigenvalue weighted by molar-refractivity contribution is 0.0697. The lowest BCUT2D eigenvalue weighted by Gasteiger charge is -2.03. The van der Waals surface area contributed by atoms with Gasteiger partial charge in [0.25, 0.3) is 5.91 Å². The van der Waals surface area contributed by atoms with Crippen LogP contribution in [-0.2, 0) is 16.3 Å². The number of thiophene rings is 2. The number of carboxylic acid groups (broad SMARTS) is 1. The molecule has 1 amide bonds. The van der Waals surface area contributed by atoms with Crippen molar-refractivity contribution in [3.05, 3.63) is 33.0 Å². The summed E-state index contributed by atoms with van der Waals surface area (Å²) in [6.07, 6.45) is 1.62. The van der Waals surface area contributed by atoms with Gasteiger partial charge in [-0.25, -0.2) is 13.2 Å². The Morgan fingerprint density at radius 1 is 1.26 bits per heavy atom. The third-order valence-electron chi connectivity index (χ3n) is 3.17. The molecule has 0 atom stereocenters. The molecule has 124 valence electrons. The maximum Gasteiger partial charge on any atom is 0.339 e. The minimum Gasteiger partial charge on any atom is -0.478 e. The zero-order valence-electron chi connectivity index (χ0n) is 12.7. The van der Waals surface area contributed by atoms with E-state index in [-0.39, 0.29) is 19.7 Å². The molecule has 0 aliphatic heterocycles. The monoisotopic (exact) mass is 373 g/mol. The van der Waals surface area contributed by atoms with Crippen LogP contribution >= 0.6 is 22.7 Å². The molecule has 0 aliphatic carbocycles. The zero-order valence-corrected chi connectivity index (χ0v) is 15.1. The molecule has 0 radical (unpaired) electrons. The van der Waals surface area contributed by atoms with E-state index in [2.05, 4.69) is 5.32 Å². The Bertz CT molecular complexity index is 876. The minimum atomic E-state index is -3.37. The third kappa shape index (κ3) is 3.62. The van der Waals surface area contributed by atoms with E-state index in [9.17, 15) is 23.1 Å². The molecule has 6 nitrogen and oxygen atoms in total. The van der Waals surface area contributed by atoms with E-state index in [1.54, 1.807) is 6.92 Å². The average Bonchev–Trinajstić information content (AvgIpc) is 3.02. The quantitative estimate of drug-likeness (QED) is 0.839. The number of anilines is 1. The predicted molar refractivity (Wildman–Crippen MR) is 90.8 cm³/mol. The van der Waals surface area contributed by atoms with E-state index >= 15 is 0 Å². The third-order valence-corrected chi connectivity index (χ3v) is 7.14. The van der Waals surface area contributed by atoms with Gasteiger partial charge < -0.3 is 10.4 Å². The van der Waals surface area contributed by atoms with Gasteiger partial charge in [0.05, 0.1) is 10.4 Å². The van der Waals surface area contributed by atoms with E-state index in [0.29, 0.717) is 12.0 Å². The summed E-state index contributed by atoms with van der Waals surface area (Å²) < 4.78 is 23.0. The molecule has 2 aromatic rings. The van der Waals surface area contributed by atoms with Crippen molar-refractivity contribution in [1.82, 2.24) is 0 Å². The van der Waals surface area contributed by atoms with Crippen molar-refractivity contribution in [2.75, 3.05) is 11.6 Å². The topological polar surface area (TPSA) is 101 Å². The number of rotatable bonds is 5. The summed E-state index contributed by atoms with van der Waals surface area (Å²) in [5.74, 6) is -1.61. The summed E-state index contributed by atoms with van der Waals surface area (Å²) >= 11 is 2.06. The normalized spacial score (nSPS) is 11.4. The summed E-state index contributed by atoms with van der Waals surface area (Å²) in [6.45, 7) is 3.66. The first-order chi connectivity index (χ1) is 10.6. The molecule has 0 spiro atoms. The van der Waals surface area contributed by atoms with Crippen LogP contribution in [0.4, 0.5) is 5.00 Å². The Balaban J connectivity index is 2.34. The van der Waals surface area contributed by atoms with Crippen molar-refractivity contribution in [1.29, 1.82) is 0 Å². The Morgan fingerprint density at radius 3 is 2.39 bits per heavy atom. The van der Waals surface area contributed by atoms with Crippen LogP contribution in [0.3, 0.4) is 0 Å². The molecule has 0 aliphatic rings. The maximum atomic E-state index is 12.3. The first-order valence-electron chi connectivity index (χ1n) is 6.62. The number of carbonyl (C=O) groups is 2. The Kier molecular flexibility index (Phi) is 4.92. The van der Waals surface area contributed by atoms with E-state index < -0.39 is 21.7 Å². The lowest BCUT2D eigenvalue weighted by Crippen LogP contribution is -2.12. The number of aromatic carboxylic acids is 1. The number of amides is 1. The highest BCUT2D eigenvalue weighted by atomic mass is 32.2. The standard InChI is InChI=1S/C14H15NO5S3/c1-4-8-7(2)21-13(11(8)14(17)18)15-12(16)9-5-6-10(22-9)23(3,19)20/h5-6H,4H2,1-3H3,(H,15,16)(H,17,18). The SMILES string of the molecule is CCc1c(C)sc(NC(=O)c2ccc(S(C)(=O)=O)s2)c1C(=O)O. The largest absolute Gasteiger partial charge is 0.478 e. The van der Waals surface area contributed by atoms with E-state index in [0.717, 1.165) is 22.5 Å². The van der Waals surface area contributed by atoms with E-state index in [1.165, 1.54) is 23.5 Å². The molecule has 9 heteroatoms. The highest BCUT2D eigenvalue weighted by Crippen LogP contribution is 2.34. The van der Waals surface area contributed by atoms with Crippen LogP contribution in [0, 0.1) is 6.92 Å². The summed E-state index contributed by atoms with van der Waals surface area (Å²) in [5.41, 5.74) is 0.795. The van der Waals surface area contributed by atoms with Crippen molar-refractivity contribution >= 4 is 49.4 Å². The number of carboxylic acids is 1. The van der Waals surface area contributed by atoms with Crippen LogP contribution in [0.1, 0.15) is 37.4 Å². The van der Waals surface area contributed by atoms with Gasteiger partial charge >= 0.3 is 5.97 Å². The molecule has 0 bridgehead atoms. The molecule has 0 unspecified atom stereocenters. The number of nitrogens with one attached hydrogen (secondary N) is 1. The van der Waals surface area contributed by atoms with Crippen molar-refractivity contribution in [2.45, 2.75) is 24.5 Å². The fraction of sp³-hybridized carbons (Fsp3) is 0.286. The molecule has 23 heavy (non-hydrogen) atoms. The van der Waals surface area contributed by atoms with Crippen LogP contribution in [0.5, 0.6) is 0 Å². The Labute approximate surface area is 141 Å². The van der Waals surface area contributed by atoms with Crippen molar-refractivity contribution in [3.8, 4) is 0 Å². The molecule has 0 saturated heterocycles. The van der Waals surface area contributed by atoms with Gasteiger partial charge in [-0.2, -0.15) is 0 Å². The Morgan fingerprint density at radius 2 is 1.91 bits per heavy atom. The number of aryl methyl sites for hydroxylation is 1. The second-order valence-electron chi connectivity index (χ2n) is 4.84. The summed E-state index contributed by atoms with van der Waals surface area (Å²) in [7, 11) is -3.37. The number of hydrogen-bond acceptors (Lipinski definition) is 6. The molecular formula is C14H15NO5S3. The van der Waals surface area contributed by atoms with Crippen LogP contribution in [-0.4, -0.2) is 31.7 Å². The molecule has 2 rings (SSSR count). The number of carbonyl (C=O) groups excluding carboxylic acids is 1. The van der Waals surface area contributed by atoms with Gasteiger partial charge in [0, 0.05) is 11.1 Å². The van der Waals surface area contributed by atoms with Gasteiger partial charge in [0.2, 0.25) is 0 Å². The van der Waals surface area contributed by atoms with Gasteiger partial charge in [-0.1, -0.05) is 6.92 Å². The second-order valence-corrected chi connectivity index (χ2v) is 9.40. The molecule has 0 saturated carbocycles. The summed E-state index contributed by atoms with van der Waals surface area (Å²) in [5, 5.41) is 12.2. The van der Waals surface area contributed by atoms with Crippen molar-refractivity contribution < 1.29 is 23.1 Å². The summed E-state index contributed by atoms with van der Waals surface area (Å²) in [4.78, 5) is 24.8. The molecular weight excluding hydrogens is 358 g/mol. The molecule has 0 fully saturated rings. The first kappa shape index (κ1) is 17.6. The smallest absolute Gasteiger partial charge is 0.339 e. The highest BCUT2D eigenvalue weighted by Gasteiger charge is 2.23. The van der Waals surface area contributed by atoms with E-state index in [1.807, 2.05) is 6.92 Å². The number of sulfone groups is 1. The van der Waals surface area contributed by atoms with Crippen molar-refractivity contribution in [2.24, 2.45) is 0 Å². The Hall–Kier alpha value is -1.71. The molecule has 0 aromatic carbocycles. The van der Waals surface area contributed by atoms with Crippen LogP contribution in [0.25, 0.3) is 0 Å². The second kappa shape index (κ2) is 6.42. The van der Waals surface area contributed by atoms with E-state index in [4.69, 9.17) is 0 Å². The van der Waals surface area contributed by atoms with Gasteiger partial charge in [-0.3, -0.25) is 4.79 Å². The van der Waals surface area contributed by atoms with Crippen LogP contribution in [0.2, 0.25) is 0 Å². The molecule has 2 N–H and O–H groups in total. The first-order valence-corrected chi connectivity index (χ1v) is 10.1. The van der Waals surface area contributed by atoms with Gasteiger partial charge in [0.1, 0.15) is 9.21 Å². The highest BCUT2D eigenvalue weighted by molar-refractivity contribution is 7.92. The average molecular weight is 373 g/mol. The summed E-state index contributed by atoms with van der Waals surface area (Å²) in [6, 6.07) is 2.78. The fourth-order valence-electron chi connectivity index (χ4n) is 2.12. The predicted octanol–water partition coefficient (Wildman–Crippen LogP) is 3.03. The molecule has 2 heterocycles.